The van der Waals surface area contributed by atoms with E-state index in [1.165, 1.54) is 16.7 Å². The largest absolute Gasteiger partial charge is 0.416 e. The van der Waals surface area contributed by atoms with E-state index in [4.69, 9.17) is 9.41 Å². The van der Waals surface area contributed by atoms with E-state index in [0.717, 1.165) is 12.1 Å². The van der Waals surface area contributed by atoms with Crippen LogP contribution in [0, 0.1) is 0 Å². The van der Waals surface area contributed by atoms with Gasteiger partial charge in [0.2, 0.25) is 0 Å². The molecule has 0 bridgehead atoms. The molecule has 1 heterocycles. The monoisotopic (exact) mass is 510 g/mol. The van der Waals surface area contributed by atoms with E-state index in [1.54, 1.807) is 0 Å². The lowest BCUT2D eigenvalue weighted by atomic mass is 9.76. The highest BCUT2D eigenvalue weighted by Crippen LogP contribution is 2.42. The lowest BCUT2D eigenvalue weighted by molar-refractivity contribution is 0.201. The number of imidazole rings is 1. The van der Waals surface area contributed by atoms with Gasteiger partial charge in [0.05, 0.1) is 12.0 Å². The summed E-state index contributed by atoms with van der Waals surface area (Å²) in [5, 5.41) is 0.171. The molecule has 1 atom stereocenters. The zero-order valence-corrected chi connectivity index (χ0v) is 24.5. The van der Waals surface area contributed by atoms with E-state index in [-0.39, 0.29) is 10.5 Å². The summed E-state index contributed by atoms with van der Waals surface area (Å²) in [4.78, 5) is 5.06. The number of hydrogen-bond donors (Lipinski definition) is 0. The summed E-state index contributed by atoms with van der Waals surface area (Å²) in [7, 11) is -1.89. The Morgan fingerprint density at radius 1 is 0.730 bits per heavy atom. The van der Waals surface area contributed by atoms with Gasteiger partial charge in [-0.15, -0.1) is 0 Å². The Morgan fingerprint density at radius 2 is 1.16 bits per heavy atom. The highest BCUT2D eigenvalue weighted by molar-refractivity contribution is 6.74. The molecule has 3 nitrogen and oxygen atoms in total. The lowest BCUT2D eigenvalue weighted by Crippen LogP contribution is -2.44. The Labute approximate surface area is 224 Å². The molecule has 4 heteroatoms. The molecule has 0 aliphatic carbocycles. The first-order valence-electron chi connectivity index (χ1n) is 13.4. The van der Waals surface area contributed by atoms with Crippen LogP contribution in [0.3, 0.4) is 0 Å². The van der Waals surface area contributed by atoms with Gasteiger partial charge in [-0.1, -0.05) is 126 Å². The zero-order valence-electron chi connectivity index (χ0n) is 23.5. The van der Waals surface area contributed by atoms with Crippen LogP contribution >= 0.6 is 0 Å². The quantitative estimate of drug-likeness (QED) is 0.167. The van der Waals surface area contributed by atoms with Gasteiger partial charge in [0.1, 0.15) is 5.54 Å². The van der Waals surface area contributed by atoms with Gasteiger partial charge in [0.25, 0.3) is 0 Å². The number of hydrogen-bond acceptors (Lipinski definition) is 2. The van der Waals surface area contributed by atoms with Gasteiger partial charge >= 0.3 is 0 Å². The van der Waals surface area contributed by atoms with Crippen LogP contribution in [0.25, 0.3) is 0 Å². The fourth-order valence-corrected chi connectivity index (χ4v) is 5.83. The van der Waals surface area contributed by atoms with E-state index in [0.29, 0.717) is 6.61 Å². The molecule has 0 aliphatic heterocycles. The summed E-state index contributed by atoms with van der Waals surface area (Å²) in [5.74, 6) is 0. The number of nitrogens with zero attached hydrogens (tertiary/aromatic N) is 2. The fourth-order valence-electron chi connectivity index (χ4n) is 4.72. The van der Waals surface area contributed by atoms with E-state index >= 15 is 0 Å². The maximum absolute atomic E-state index is 6.74. The average Bonchev–Trinajstić information content (AvgIpc) is 3.40. The van der Waals surface area contributed by atoms with Gasteiger partial charge in [0.15, 0.2) is 8.32 Å². The highest BCUT2D eigenvalue weighted by atomic mass is 28.4. The SMILES string of the molecule is CCC(C)(CO[Si](C)(C)C(C)(C)C)c1cn(C(c2ccccc2)(c2ccccc2)c2ccccc2)cn1. The molecular formula is C33H42N2OSi. The van der Waals surface area contributed by atoms with Gasteiger partial charge in [-0.25, -0.2) is 4.98 Å². The molecule has 0 radical (unpaired) electrons. The number of aromatic nitrogens is 2. The van der Waals surface area contributed by atoms with Crippen LogP contribution < -0.4 is 0 Å². The van der Waals surface area contributed by atoms with Crippen LogP contribution in [0.2, 0.25) is 18.1 Å². The smallest absolute Gasteiger partial charge is 0.192 e. The Balaban J connectivity index is 1.88. The molecule has 0 spiro atoms. The van der Waals surface area contributed by atoms with Crippen molar-refractivity contribution >= 4 is 8.32 Å². The average molecular weight is 511 g/mol. The first kappa shape index (κ1) is 27.1. The molecule has 3 aromatic carbocycles. The lowest BCUT2D eigenvalue weighted by Gasteiger charge is -2.39. The molecule has 4 rings (SSSR count). The first-order chi connectivity index (χ1) is 17.5. The molecular weight excluding hydrogens is 468 g/mol. The second-order valence-electron chi connectivity index (χ2n) is 11.9. The topological polar surface area (TPSA) is 27.1 Å². The molecule has 1 aromatic heterocycles. The third kappa shape index (κ3) is 5.10. The predicted octanol–water partition coefficient (Wildman–Crippen LogP) is 8.41. The third-order valence-electron chi connectivity index (χ3n) is 8.50. The molecule has 0 N–H and O–H groups in total. The van der Waals surface area contributed by atoms with Gasteiger partial charge < -0.3 is 8.99 Å². The molecule has 0 saturated carbocycles. The van der Waals surface area contributed by atoms with Crippen molar-refractivity contribution in [2.45, 2.75) is 70.1 Å². The van der Waals surface area contributed by atoms with E-state index in [2.05, 4.69) is 149 Å². The molecule has 4 aromatic rings. The van der Waals surface area contributed by atoms with Crippen molar-refractivity contribution in [2.24, 2.45) is 0 Å². The van der Waals surface area contributed by atoms with Crippen molar-refractivity contribution in [3.05, 3.63) is 126 Å². The minimum Gasteiger partial charge on any atom is -0.416 e. The maximum atomic E-state index is 6.74. The molecule has 0 saturated heterocycles. The van der Waals surface area contributed by atoms with Gasteiger partial charge in [-0.2, -0.15) is 0 Å². The summed E-state index contributed by atoms with van der Waals surface area (Å²) in [6, 6.07) is 32.3. The predicted molar refractivity (Wildman–Crippen MR) is 158 cm³/mol. The van der Waals surface area contributed by atoms with Crippen LogP contribution in [0.1, 0.15) is 63.4 Å². The Kier molecular flexibility index (Phi) is 7.64. The van der Waals surface area contributed by atoms with Crippen LogP contribution in [0.5, 0.6) is 0 Å². The summed E-state index contributed by atoms with van der Waals surface area (Å²) < 4.78 is 9.05. The maximum Gasteiger partial charge on any atom is 0.192 e. The summed E-state index contributed by atoms with van der Waals surface area (Å²) in [5.41, 5.74) is 3.94. The van der Waals surface area contributed by atoms with Crippen LogP contribution in [0.15, 0.2) is 104 Å². The molecule has 0 aliphatic rings. The van der Waals surface area contributed by atoms with Crippen molar-refractivity contribution in [3.63, 3.8) is 0 Å². The van der Waals surface area contributed by atoms with Crippen molar-refractivity contribution in [2.75, 3.05) is 6.61 Å². The Hall–Kier alpha value is -2.95. The normalized spacial score (nSPS) is 14.4. The molecule has 37 heavy (non-hydrogen) atoms. The molecule has 1 unspecified atom stereocenters. The summed E-state index contributed by atoms with van der Waals surface area (Å²) in [6.07, 6.45) is 5.22. The van der Waals surface area contributed by atoms with Gasteiger partial charge in [-0.05, 0) is 41.2 Å². The summed E-state index contributed by atoms with van der Waals surface area (Å²) in [6.45, 7) is 16.8. The van der Waals surface area contributed by atoms with Gasteiger partial charge in [0, 0.05) is 18.2 Å². The molecule has 0 fully saturated rings. The minimum absolute atomic E-state index is 0.171. The number of benzene rings is 3. The van der Waals surface area contributed by atoms with Crippen molar-refractivity contribution in [1.82, 2.24) is 9.55 Å². The highest BCUT2D eigenvalue weighted by Gasteiger charge is 2.42. The Bertz CT molecular complexity index is 1180. The minimum atomic E-state index is -1.89. The van der Waals surface area contributed by atoms with Crippen LogP contribution in [0.4, 0.5) is 0 Å². The van der Waals surface area contributed by atoms with E-state index in [1.807, 2.05) is 6.33 Å². The first-order valence-corrected chi connectivity index (χ1v) is 16.3. The van der Waals surface area contributed by atoms with E-state index < -0.39 is 13.9 Å². The third-order valence-corrected chi connectivity index (χ3v) is 13.0. The van der Waals surface area contributed by atoms with Crippen LogP contribution in [-0.2, 0) is 15.4 Å². The van der Waals surface area contributed by atoms with Crippen LogP contribution in [-0.4, -0.2) is 24.5 Å². The van der Waals surface area contributed by atoms with Gasteiger partial charge in [-0.3, -0.25) is 0 Å². The second-order valence-corrected chi connectivity index (χ2v) is 16.7. The molecule has 0 amide bonds. The number of rotatable bonds is 9. The van der Waals surface area contributed by atoms with E-state index in [9.17, 15) is 0 Å². The Morgan fingerprint density at radius 3 is 1.54 bits per heavy atom. The van der Waals surface area contributed by atoms with Crippen molar-refractivity contribution < 1.29 is 4.43 Å². The second kappa shape index (κ2) is 10.4. The standard InChI is InChI=1S/C33H42N2OSi/c1-8-32(5,25-36-37(6,7)31(2,3)4)30-24-35(26-34-30)33(27-18-12-9-13-19-27,28-20-14-10-15-21-28)29-22-16-11-17-23-29/h9-24,26H,8,25H2,1-7H3. The fraction of sp³-hybridized carbons (Fsp3) is 0.364. The molecule has 194 valence electrons. The van der Waals surface area contributed by atoms with Crippen molar-refractivity contribution in [3.8, 4) is 0 Å². The summed E-state index contributed by atoms with van der Waals surface area (Å²) >= 11 is 0. The zero-order chi connectivity index (χ0) is 26.7. The van der Waals surface area contributed by atoms with Crippen molar-refractivity contribution in [1.29, 1.82) is 0 Å².